The van der Waals surface area contributed by atoms with Gasteiger partial charge in [0.25, 0.3) is 5.91 Å². The molecule has 1 saturated heterocycles. The van der Waals surface area contributed by atoms with E-state index in [0.29, 0.717) is 17.3 Å². The van der Waals surface area contributed by atoms with Gasteiger partial charge >= 0.3 is 0 Å². The van der Waals surface area contributed by atoms with Crippen LogP contribution in [0.5, 0.6) is 0 Å². The van der Waals surface area contributed by atoms with Crippen molar-refractivity contribution in [1.29, 1.82) is 0 Å². The van der Waals surface area contributed by atoms with Gasteiger partial charge in [-0.3, -0.25) is 9.48 Å². The van der Waals surface area contributed by atoms with Crippen LogP contribution < -0.4 is 10.6 Å². The summed E-state index contributed by atoms with van der Waals surface area (Å²) in [6, 6.07) is 5.83. The van der Waals surface area contributed by atoms with Gasteiger partial charge in [-0.25, -0.2) is 4.98 Å². The van der Waals surface area contributed by atoms with Crippen LogP contribution in [-0.2, 0) is 19.5 Å². The first-order chi connectivity index (χ1) is 13.7. The molecule has 0 saturated carbocycles. The van der Waals surface area contributed by atoms with Crippen LogP contribution in [0.3, 0.4) is 0 Å². The van der Waals surface area contributed by atoms with E-state index in [1.165, 1.54) is 12.8 Å². The molecule has 2 aromatic heterocycles. The molecule has 1 aromatic carbocycles. The van der Waals surface area contributed by atoms with Gasteiger partial charge in [-0.15, -0.1) is 5.10 Å². The number of aromatic nitrogens is 5. The number of imidazole rings is 1. The van der Waals surface area contributed by atoms with Gasteiger partial charge in [0.2, 0.25) is 0 Å². The molecule has 1 fully saturated rings. The fourth-order valence-electron chi connectivity index (χ4n) is 3.91. The van der Waals surface area contributed by atoms with Crippen LogP contribution in [0.4, 0.5) is 5.69 Å². The third-order valence-corrected chi connectivity index (χ3v) is 5.33. The van der Waals surface area contributed by atoms with E-state index in [9.17, 15) is 4.79 Å². The molecule has 3 aromatic rings. The summed E-state index contributed by atoms with van der Waals surface area (Å²) in [7, 11) is 0. The first-order valence-corrected chi connectivity index (χ1v) is 10.1. The van der Waals surface area contributed by atoms with Gasteiger partial charge in [0.15, 0.2) is 5.69 Å². The molecule has 1 amide bonds. The van der Waals surface area contributed by atoms with Crippen LogP contribution in [0.1, 0.15) is 43.0 Å². The molecule has 0 radical (unpaired) electrons. The Morgan fingerprint density at radius 3 is 3.00 bits per heavy atom. The zero-order valence-corrected chi connectivity index (χ0v) is 16.5. The zero-order valence-electron chi connectivity index (χ0n) is 16.5. The molecule has 0 spiro atoms. The van der Waals surface area contributed by atoms with Gasteiger partial charge in [-0.1, -0.05) is 12.1 Å². The van der Waals surface area contributed by atoms with Gasteiger partial charge in [0, 0.05) is 25.2 Å². The number of aryl methyl sites for hydroxylation is 2. The number of amides is 1. The largest absolute Gasteiger partial charge is 0.328 e. The Hall–Kier alpha value is -2.74. The van der Waals surface area contributed by atoms with Crippen LogP contribution in [0.2, 0.25) is 0 Å². The van der Waals surface area contributed by atoms with E-state index in [1.807, 2.05) is 18.2 Å². The zero-order chi connectivity index (χ0) is 19.5. The molecule has 3 heterocycles. The molecule has 0 aliphatic carbocycles. The molecule has 8 heteroatoms. The van der Waals surface area contributed by atoms with Crippen molar-refractivity contribution in [3.63, 3.8) is 0 Å². The summed E-state index contributed by atoms with van der Waals surface area (Å²) in [5.41, 5.74) is 3.03. The topological polar surface area (TPSA) is 89.7 Å². The van der Waals surface area contributed by atoms with E-state index in [1.54, 1.807) is 10.9 Å². The Balaban J connectivity index is 1.46. The first kappa shape index (κ1) is 18.6. The van der Waals surface area contributed by atoms with Crippen molar-refractivity contribution in [1.82, 2.24) is 29.9 Å². The number of nitrogens with zero attached hydrogens (tertiary/aromatic N) is 5. The Bertz CT molecular complexity index is 968. The Morgan fingerprint density at radius 1 is 1.36 bits per heavy atom. The van der Waals surface area contributed by atoms with Crippen molar-refractivity contribution in [2.45, 2.75) is 46.2 Å². The maximum atomic E-state index is 12.6. The van der Waals surface area contributed by atoms with Crippen LogP contribution in [0.25, 0.3) is 11.0 Å². The smallest absolute Gasteiger partial charge is 0.277 e. The number of piperidine rings is 1. The summed E-state index contributed by atoms with van der Waals surface area (Å²) >= 11 is 0. The molecule has 4 rings (SSSR count). The molecule has 2 N–H and O–H groups in total. The second kappa shape index (κ2) is 8.10. The van der Waals surface area contributed by atoms with Gasteiger partial charge < -0.3 is 15.2 Å². The standard InChI is InChI=1S/C20H27N7O/c1-3-19-23-16-10-15(7-8-18(16)27(19)4-2)22-20(28)17-13-26(25-24-17)12-14-6-5-9-21-11-14/h7-8,10,13-14,21H,3-6,9,11-12H2,1-2H3,(H,22,28). The SMILES string of the molecule is CCc1nc2cc(NC(=O)c3cn(CC4CCCNC4)nn3)ccc2n1CC. The number of carbonyl (C=O) groups is 1. The van der Waals surface area contributed by atoms with Crippen molar-refractivity contribution in [2.75, 3.05) is 18.4 Å². The molecule has 1 unspecified atom stereocenters. The number of hydrogen-bond acceptors (Lipinski definition) is 5. The number of anilines is 1. The van der Waals surface area contributed by atoms with Crippen molar-refractivity contribution in [2.24, 2.45) is 5.92 Å². The number of fused-ring (bicyclic) bond motifs is 1. The molecule has 1 aliphatic rings. The summed E-state index contributed by atoms with van der Waals surface area (Å²) in [6.07, 6.45) is 4.97. The van der Waals surface area contributed by atoms with Gasteiger partial charge in [0.1, 0.15) is 5.82 Å². The average Bonchev–Trinajstić information content (AvgIpc) is 3.32. The van der Waals surface area contributed by atoms with E-state index in [-0.39, 0.29) is 5.91 Å². The lowest BCUT2D eigenvalue weighted by Crippen LogP contribution is -2.32. The maximum absolute atomic E-state index is 12.6. The van der Waals surface area contributed by atoms with Gasteiger partial charge in [-0.2, -0.15) is 0 Å². The Morgan fingerprint density at radius 2 is 2.25 bits per heavy atom. The summed E-state index contributed by atoms with van der Waals surface area (Å²) in [4.78, 5) is 17.3. The maximum Gasteiger partial charge on any atom is 0.277 e. The van der Waals surface area contributed by atoms with E-state index in [0.717, 1.165) is 49.5 Å². The Kier molecular flexibility index (Phi) is 5.38. The van der Waals surface area contributed by atoms with Crippen molar-refractivity contribution in [3.8, 4) is 0 Å². The molecule has 28 heavy (non-hydrogen) atoms. The highest BCUT2D eigenvalue weighted by Gasteiger charge is 2.17. The van der Waals surface area contributed by atoms with Crippen molar-refractivity contribution < 1.29 is 4.79 Å². The summed E-state index contributed by atoms with van der Waals surface area (Å²) < 4.78 is 3.97. The van der Waals surface area contributed by atoms with Crippen molar-refractivity contribution >= 4 is 22.6 Å². The predicted molar refractivity (Wildman–Crippen MR) is 108 cm³/mol. The molecule has 1 atom stereocenters. The number of nitrogens with one attached hydrogen (secondary N) is 2. The average molecular weight is 381 g/mol. The number of carbonyl (C=O) groups excluding carboxylic acids is 1. The first-order valence-electron chi connectivity index (χ1n) is 10.1. The number of hydrogen-bond donors (Lipinski definition) is 2. The second-order valence-corrected chi connectivity index (χ2v) is 7.32. The molecular weight excluding hydrogens is 354 g/mol. The fourth-order valence-corrected chi connectivity index (χ4v) is 3.91. The minimum Gasteiger partial charge on any atom is -0.328 e. The van der Waals surface area contributed by atoms with Crippen LogP contribution in [0.15, 0.2) is 24.4 Å². The summed E-state index contributed by atoms with van der Waals surface area (Å²) in [5.74, 6) is 1.34. The minimum atomic E-state index is -0.252. The van der Waals surface area contributed by atoms with Crippen LogP contribution >= 0.6 is 0 Å². The minimum absolute atomic E-state index is 0.252. The molecular formula is C20H27N7O. The number of rotatable bonds is 6. The van der Waals surface area contributed by atoms with E-state index >= 15 is 0 Å². The molecule has 0 bridgehead atoms. The summed E-state index contributed by atoms with van der Waals surface area (Å²) in [6.45, 7) is 7.96. The highest BCUT2D eigenvalue weighted by atomic mass is 16.2. The lowest BCUT2D eigenvalue weighted by molar-refractivity contribution is 0.102. The molecule has 1 aliphatic heterocycles. The van der Waals surface area contributed by atoms with Crippen molar-refractivity contribution in [3.05, 3.63) is 35.9 Å². The monoisotopic (exact) mass is 381 g/mol. The predicted octanol–water partition coefficient (Wildman–Crippen LogP) is 2.46. The van der Waals surface area contributed by atoms with Gasteiger partial charge in [0.05, 0.1) is 17.2 Å². The lowest BCUT2D eigenvalue weighted by Gasteiger charge is -2.22. The Labute approximate surface area is 164 Å². The molecule has 8 nitrogen and oxygen atoms in total. The van der Waals surface area contributed by atoms with Crippen LogP contribution in [-0.4, -0.2) is 43.5 Å². The number of benzene rings is 1. The lowest BCUT2D eigenvalue weighted by atomic mass is 10.00. The second-order valence-electron chi connectivity index (χ2n) is 7.32. The van der Waals surface area contributed by atoms with E-state index in [4.69, 9.17) is 0 Å². The van der Waals surface area contributed by atoms with E-state index < -0.39 is 0 Å². The quantitative estimate of drug-likeness (QED) is 0.685. The normalized spacial score (nSPS) is 17.1. The summed E-state index contributed by atoms with van der Waals surface area (Å²) in [5, 5.41) is 14.5. The highest BCUT2D eigenvalue weighted by Crippen LogP contribution is 2.21. The van der Waals surface area contributed by atoms with Gasteiger partial charge in [-0.05, 0) is 57.0 Å². The fraction of sp³-hybridized carbons (Fsp3) is 0.500. The van der Waals surface area contributed by atoms with E-state index in [2.05, 4.69) is 44.3 Å². The third kappa shape index (κ3) is 3.77. The van der Waals surface area contributed by atoms with Crippen LogP contribution in [0, 0.1) is 5.92 Å². The third-order valence-electron chi connectivity index (χ3n) is 5.33. The molecule has 148 valence electrons. The highest BCUT2D eigenvalue weighted by molar-refractivity contribution is 6.03.